The van der Waals surface area contributed by atoms with Gasteiger partial charge in [-0.25, -0.2) is 18.5 Å². The minimum absolute atomic E-state index is 0.0424. The van der Waals surface area contributed by atoms with Crippen molar-refractivity contribution in [3.63, 3.8) is 0 Å². The lowest BCUT2D eigenvalue weighted by atomic mass is 10.2. The molecule has 2 amide bonds. The molecule has 1 heterocycles. The van der Waals surface area contributed by atoms with E-state index in [1.54, 1.807) is 20.8 Å². The Balaban J connectivity index is 0.000000770. The SMILES string of the molecule is CC(C)(C)OC(=O)N1CCOCC1=O.FCF. The molecule has 0 radical (unpaired) electrons. The van der Waals surface area contributed by atoms with Gasteiger partial charge >= 0.3 is 6.09 Å². The van der Waals surface area contributed by atoms with Crippen molar-refractivity contribution < 1.29 is 27.8 Å². The van der Waals surface area contributed by atoms with Crippen LogP contribution in [-0.2, 0) is 14.3 Å². The number of rotatable bonds is 0. The lowest BCUT2D eigenvalue weighted by Crippen LogP contribution is -2.47. The minimum atomic E-state index is -1.75. The second-order valence-corrected chi connectivity index (χ2v) is 4.18. The first-order valence-corrected chi connectivity index (χ1v) is 5.05. The van der Waals surface area contributed by atoms with Crippen LogP contribution in [0.15, 0.2) is 0 Å². The highest BCUT2D eigenvalue weighted by molar-refractivity contribution is 5.93. The fraction of sp³-hybridized carbons (Fsp3) is 0.800. The number of nitrogens with zero attached hydrogens (tertiary/aromatic N) is 1. The number of imide groups is 1. The van der Waals surface area contributed by atoms with E-state index in [1.165, 1.54) is 0 Å². The predicted octanol–water partition coefficient (Wildman–Crippen LogP) is 1.66. The van der Waals surface area contributed by atoms with E-state index in [9.17, 15) is 18.4 Å². The van der Waals surface area contributed by atoms with Gasteiger partial charge in [-0.1, -0.05) is 0 Å². The van der Waals surface area contributed by atoms with Gasteiger partial charge in [0, 0.05) is 0 Å². The third-order valence-electron chi connectivity index (χ3n) is 1.60. The molecular weight excluding hydrogens is 236 g/mol. The molecule has 0 N–H and O–H groups in total. The van der Waals surface area contributed by atoms with Crippen molar-refractivity contribution in [2.24, 2.45) is 0 Å². The topological polar surface area (TPSA) is 55.8 Å². The van der Waals surface area contributed by atoms with Gasteiger partial charge in [0.15, 0.2) is 0 Å². The first-order chi connectivity index (χ1) is 7.81. The largest absolute Gasteiger partial charge is 0.443 e. The lowest BCUT2D eigenvalue weighted by molar-refractivity contribution is -0.141. The third kappa shape index (κ3) is 6.83. The molecule has 1 aliphatic rings. The number of carbonyl (C=O) groups excluding carboxylic acids is 2. The van der Waals surface area contributed by atoms with Crippen LogP contribution < -0.4 is 0 Å². The summed E-state index contributed by atoms with van der Waals surface area (Å²) >= 11 is 0. The molecule has 0 saturated carbocycles. The molecule has 1 rings (SSSR count). The highest BCUT2D eigenvalue weighted by atomic mass is 19.3. The van der Waals surface area contributed by atoms with E-state index in [0.717, 1.165) is 4.90 Å². The highest BCUT2D eigenvalue weighted by Gasteiger charge is 2.29. The summed E-state index contributed by atoms with van der Waals surface area (Å²) in [4.78, 5) is 23.8. The Bertz CT molecular complexity index is 266. The van der Waals surface area contributed by atoms with Gasteiger partial charge in [-0.15, -0.1) is 0 Å². The summed E-state index contributed by atoms with van der Waals surface area (Å²) in [6.45, 7) is 4.14. The van der Waals surface area contributed by atoms with E-state index < -0.39 is 18.6 Å². The molecule has 0 unspecified atom stereocenters. The number of halogens is 2. The molecule has 7 heteroatoms. The molecule has 0 aromatic heterocycles. The highest BCUT2D eigenvalue weighted by Crippen LogP contribution is 2.11. The Hall–Kier alpha value is -1.24. The molecule has 0 aromatic carbocycles. The van der Waals surface area contributed by atoms with Crippen LogP contribution in [0.1, 0.15) is 20.8 Å². The van der Waals surface area contributed by atoms with Crippen LogP contribution in [0.4, 0.5) is 13.6 Å². The number of ether oxygens (including phenoxy) is 2. The van der Waals surface area contributed by atoms with Gasteiger partial charge in [0.1, 0.15) is 12.2 Å². The van der Waals surface area contributed by atoms with Crippen LogP contribution in [0.3, 0.4) is 0 Å². The third-order valence-corrected chi connectivity index (χ3v) is 1.60. The number of alkyl halides is 2. The summed E-state index contributed by atoms with van der Waals surface area (Å²) in [5, 5.41) is 0. The van der Waals surface area contributed by atoms with Crippen molar-refractivity contribution >= 4 is 12.0 Å². The maximum atomic E-state index is 11.5. The molecule has 5 nitrogen and oxygen atoms in total. The number of carbonyl (C=O) groups is 2. The number of amides is 2. The van der Waals surface area contributed by atoms with Gasteiger partial charge < -0.3 is 9.47 Å². The second kappa shape index (κ2) is 7.16. The molecule has 17 heavy (non-hydrogen) atoms. The van der Waals surface area contributed by atoms with Crippen molar-refractivity contribution in [3.05, 3.63) is 0 Å². The monoisotopic (exact) mass is 253 g/mol. The van der Waals surface area contributed by atoms with E-state index >= 15 is 0 Å². The van der Waals surface area contributed by atoms with Crippen LogP contribution in [0.2, 0.25) is 0 Å². The Kier molecular flexibility index (Phi) is 6.64. The van der Waals surface area contributed by atoms with Crippen LogP contribution in [0, 0.1) is 0 Å². The van der Waals surface area contributed by atoms with E-state index in [4.69, 9.17) is 9.47 Å². The maximum Gasteiger partial charge on any atom is 0.417 e. The average Bonchev–Trinajstić information content (AvgIpc) is 2.16. The lowest BCUT2D eigenvalue weighted by Gasteiger charge is -2.28. The number of hydrogen-bond acceptors (Lipinski definition) is 4. The van der Waals surface area contributed by atoms with Gasteiger partial charge in [-0.05, 0) is 20.8 Å². The average molecular weight is 253 g/mol. The Labute approximate surface area is 98.7 Å². The van der Waals surface area contributed by atoms with Crippen LogP contribution in [0.5, 0.6) is 0 Å². The first kappa shape index (κ1) is 15.8. The molecule has 0 aliphatic carbocycles. The zero-order valence-corrected chi connectivity index (χ0v) is 10.2. The molecular formula is C10H17F2NO4. The Morgan fingerprint density at radius 2 is 2.00 bits per heavy atom. The minimum Gasteiger partial charge on any atom is -0.443 e. The zero-order valence-electron chi connectivity index (χ0n) is 10.2. The van der Waals surface area contributed by atoms with Gasteiger partial charge in [0.05, 0.1) is 13.2 Å². The summed E-state index contributed by atoms with van der Waals surface area (Å²) in [6, 6.07) is 0. The van der Waals surface area contributed by atoms with Crippen LogP contribution in [0.25, 0.3) is 0 Å². The summed E-state index contributed by atoms with van der Waals surface area (Å²) in [6.07, 6.45) is -0.592. The second-order valence-electron chi connectivity index (χ2n) is 4.18. The van der Waals surface area contributed by atoms with Crippen molar-refractivity contribution in [2.45, 2.75) is 26.4 Å². The van der Waals surface area contributed by atoms with Gasteiger partial charge in [0.2, 0.25) is 6.93 Å². The van der Waals surface area contributed by atoms with Gasteiger partial charge in [0.25, 0.3) is 5.91 Å². The molecule has 0 aromatic rings. The van der Waals surface area contributed by atoms with Gasteiger partial charge in [-0.2, -0.15) is 0 Å². The summed E-state index contributed by atoms with van der Waals surface area (Å²) in [5.41, 5.74) is -0.574. The quantitative estimate of drug-likeness (QED) is 0.659. The summed E-state index contributed by atoms with van der Waals surface area (Å²) in [7, 11) is 0. The zero-order chi connectivity index (χ0) is 13.5. The van der Waals surface area contributed by atoms with E-state index in [0.29, 0.717) is 6.61 Å². The number of hydrogen-bond donors (Lipinski definition) is 0. The molecule has 1 aliphatic heterocycles. The van der Waals surface area contributed by atoms with Gasteiger partial charge in [-0.3, -0.25) is 4.79 Å². The van der Waals surface area contributed by atoms with E-state index in [-0.39, 0.29) is 19.1 Å². The fourth-order valence-electron chi connectivity index (χ4n) is 1.03. The van der Waals surface area contributed by atoms with Crippen molar-refractivity contribution in [2.75, 3.05) is 26.7 Å². The van der Waals surface area contributed by atoms with Crippen molar-refractivity contribution in [1.82, 2.24) is 4.90 Å². The molecule has 100 valence electrons. The van der Waals surface area contributed by atoms with Crippen molar-refractivity contribution in [1.29, 1.82) is 0 Å². The van der Waals surface area contributed by atoms with Crippen LogP contribution in [-0.4, -0.2) is 49.2 Å². The van der Waals surface area contributed by atoms with E-state index in [2.05, 4.69) is 0 Å². The smallest absolute Gasteiger partial charge is 0.417 e. The predicted molar refractivity (Wildman–Crippen MR) is 55.8 cm³/mol. The normalized spacial score (nSPS) is 16.1. The molecule has 0 spiro atoms. The maximum absolute atomic E-state index is 11.5. The fourth-order valence-corrected chi connectivity index (χ4v) is 1.03. The Morgan fingerprint density at radius 1 is 1.47 bits per heavy atom. The number of morpholine rings is 1. The summed E-state index contributed by atoms with van der Waals surface area (Å²) < 4.78 is 29.2. The van der Waals surface area contributed by atoms with E-state index in [1.807, 2.05) is 0 Å². The molecule has 0 atom stereocenters. The summed E-state index contributed by atoms with van der Waals surface area (Å²) in [5.74, 6) is -0.342. The standard InChI is InChI=1S/C9H15NO4.CH2F2/c1-9(2,3)14-8(12)10-4-5-13-6-7(10)11;2-1-3/h4-6H2,1-3H3;1H2. The van der Waals surface area contributed by atoms with Crippen LogP contribution >= 0.6 is 0 Å². The first-order valence-electron chi connectivity index (χ1n) is 5.05. The molecule has 1 saturated heterocycles. The molecule has 0 bridgehead atoms. The molecule has 1 fully saturated rings. The Morgan fingerprint density at radius 3 is 2.41 bits per heavy atom. The van der Waals surface area contributed by atoms with Crippen molar-refractivity contribution in [3.8, 4) is 0 Å².